The number of likely N-dealkylation sites (tertiary alicyclic amines) is 1. The van der Waals surface area contributed by atoms with Gasteiger partial charge in [-0.3, -0.25) is 4.90 Å². The van der Waals surface area contributed by atoms with Crippen molar-refractivity contribution in [3.05, 3.63) is 29.8 Å². The van der Waals surface area contributed by atoms with Crippen LogP contribution >= 0.6 is 0 Å². The second-order valence-electron chi connectivity index (χ2n) is 7.12. The molecule has 2 heterocycles. The molecule has 1 unspecified atom stereocenters. The summed E-state index contributed by atoms with van der Waals surface area (Å²) in [5.74, 6) is -1.48. The number of carboxylic acid groups (broad SMARTS) is 1. The molecule has 2 fully saturated rings. The van der Waals surface area contributed by atoms with Crippen molar-refractivity contribution < 1.29 is 41.0 Å². The molecule has 1 aromatic rings. The van der Waals surface area contributed by atoms with Gasteiger partial charge in [0.1, 0.15) is 10.5 Å². The van der Waals surface area contributed by atoms with Crippen molar-refractivity contribution in [2.75, 3.05) is 39.7 Å². The average molecular weight is 439 g/mol. The van der Waals surface area contributed by atoms with E-state index in [1.165, 1.54) is 5.56 Å². The molecule has 1 aromatic carbocycles. The Morgan fingerprint density at radius 3 is 2.24 bits per heavy atom. The van der Waals surface area contributed by atoms with Gasteiger partial charge in [-0.05, 0) is 24.1 Å². The van der Waals surface area contributed by atoms with E-state index in [-0.39, 0.29) is 5.92 Å². The van der Waals surface area contributed by atoms with Crippen LogP contribution in [0.15, 0.2) is 24.3 Å². The fraction of sp³-hybridized carbons (Fsp3) is 0.611. The van der Waals surface area contributed by atoms with Gasteiger partial charge in [-0.25, -0.2) is 13.2 Å². The number of benzene rings is 1. The molecule has 2 saturated heterocycles. The van der Waals surface area contributed by atoms with Gasteiger partial charge in [0, 0.05) is 32.7 Å². The normalized spacial score (nSPS) is 22.4. The molecule has 164 valence electrons. The zero-order chi connectivity index (χ0) is 21.9. The van der Waals surface area contributed by atoms with Crippen molar-refractivity contribution in [3.63, 3.8) is 0 Å². The topological polar surface area (TPSA) is 93.1 Å². The smallest absolute Gasteiger partial charge is 0.490 e. The fourth-order valence-corrected chi connectivity index (χ4v) is 6.17. The van der Waals surface area contributed by atoms with Crippen LogP contribution in [0.5, 0.6) is 5.75 Å². The molecule has 2 aliphatic heterocycles. The Morgan fingerprint density at radius 1 is 1.24 bits per heavy atom. The predicted octanol–water partition coefficient (Wildman–Crippen LogP) is 1.96. The quantitative estimate of drug-likeness (QED) is 0.750. The summed E-state index contributed by atoms with van der Waals surface area (Å²) in [5.41, 5.74) is 1.18. The molecule has 1 N–H and O–H groups in total. The molecular weight excluding hydrogens is 415 g/mol. The van der Waals surface area contributed by atoms with Crippen LogP contribution in [0.2, 0.25) is 0 Å². The summed E-state index contributed by atoms with van der Waals surface area (Å²) in [6.07, 6.45) is -4.35. The number of nitrogens with zero attached hydrogens (tertiary/aromatic N) is 1. The maximum absolute atomic E-state index is 12.4. The molecule has 29 heavy (non-hydrogen) atoms. The van der Waals surface area contributed by atoms with E-state index >= 15 is 0 Å². The summed E-state index contributed by atoms with van der Waals surface area (Å²) >= 11 is 0. The lowest BCUT2D eigenvalue weighted by Crippen LogP contribution is -2.67. The molecule has 0 radical (unpaired) electrons. The molecule has 7 nitrogen and oxygen atoms in total. The lowest BCUT2D eigenvalue weighted by atomic mass is 9.83. The number of methoxy groups -OCH3 is 2. The number of hydrogen-bond donors (Lipinski definition) is 1. The van der Waals surface area contributed by atoms with Crippen molar-refractivity contribution in [1.29, 1.82) is 0 Å². The lowest BCUT2D eigenvalue weighted by molar-refractivity contribution is -0.192. The Balaban J connectivity index is 0.000000370. The Hall–Kier alpha value is -1.85. The Bertz CT molecular complexity index is 804. The van der Waals surface area contributed by atoms with Gasteiger partial charge in [-0.2, -0.15) is 13.2 Å². The van der Waals surface area contributed by atoms with Crippen LogP contribution in [0.3, 0.4) is 0 Å². The minimum atomic E-state index is -5.08. The van der Waals surface area contributed by atoms with Crippen LogP contribution in [0, 0.1) is 5.92 Å². The van der Waals surface area contributed by atoms with Crippen molar-refractivity contribution in [3.8, 4) is 5.75 Å². The highest BCUT2D eigenvalue weighted by molar-refractivity contribution is 7.93. The summed E-state index contributed by atoms with van der Waals surface area (Å²) in [6, 6.07) is 7.93. The van der Waals surface area contributed by atoms with E-state index in [0.29, 0.717) is 25.4 Å². The highest BCUT2D eigenvalue weighted by Gasteiger charge is 2.61. The molecule has 0 aliphatic carbocycles. The fourth-order valence-electron chi connectivity index (χ4n) is 3.72. The minimum absolute atomic E-state index is 0.134. The molecule has 11 heteroatoms. The molecule has 0 bridgehead atoms. The minimum Gasteiger partial charge on any atom is -0.497 e. The third kappa shape index (κ3) is 5.20. The first kappa shape index (κ1) is 23.4. The number of hydrogen-bond acceptors (Lipinski definition) is 6. The van der Waals surface area contributed by atoms with Crippen molar-refractivity contribution >= 4 is 15.8 Å². The van der Waals surface area contributed by atoms with E-state index in [9.17, 15) is 21.6 Å². The molecule has 0 aromatic heterocycles. The van der Waals surface area contributed by atoms with Gasteiger partial charge in [0.25, 0.3) is 0 Å². The second kappa shape index (κ2) is 8.88. The molecule has 2 aliphatic rings. The Kier molecular flexibility index (Phi) is 7.18. The third-order valence-corrected chi connectivity index (χ3v) is 7.86. The second-order valence-corrected chi connectivity index (χ2v) is 9.57. The predicted molar refractivity (Wildman–Crippen MR) is 98.5 cm³/mol. The number of ether oxygens (including phenoxy) is 2. The number of carboxylic acids is 1. The Morgan fingerprint density at radius 2 is 1.79 bits per heavy atom. The Labute approximate surface area is 167 Å². The molecule has 1 spiro atoms. The summed E-state index contributed by atoms with van der Waals surface area (Å²) < 4.78 is 66.4. The van der Waals surface area contributed by atoms with E-state index in [1.807, 2.05) is 24.3 Å². The number of rotatable bonds is 5. The van der Waals surface area contributed by atoms with Crippen LogP contribution in [-0.2, 0) is 25.9 Å². The van der Waals surface area contributed by atoms with Crippen LogP contribution in [0.1, 0.15) is 12.0 Å². The standard InChI is InChI=1S/C16H23NO4S.C2HF3O2/c1-20-10-14-7-8-22(18,19)16(14)11-17(12-16)9-13-3-5-15(21-2)6-4-13;3-2(4,5)1(6)7/h3-6,14H,7-12H2,1-2H3;(H,6,7). The third-order valence-electron chi connectivity index (χ3n) is 5.26. The lowest BCUT2D eigenvalue weighted by Gasteiger charge is -2.50. The van der Waals surface area contributed by atoms with E-state index in [2.05, 4.69) is 4.90 Å². The first-order chi connectivity index (χ1) is 13.4. The molecule has 1 atom stereocenters. The first-order valence-corrected chi connectivity index (χ1v) is 10.5. The van der Waals surface area contributed by atoms with Gasteiger partial charge in [-0.15, -0.1) is 0 Å². The summed E-state index contributed by atoms with van der Waals surface area (Å²) in [6.45, 7) is 2.56. The monoisotopic (exact) mass is 439 g/mol. The highest BCUT2D eigenvalue weighted by Crippen LogP contribution is 2.45. The van der Waals surface area contributed by atoms with Crippen molar-refractivity contribution in [2.45, 2.75) is 23.9 Å². The summed E-state index contributed by atoms with van der Waals surface area (Å²) in [7, 11) is 0.294. The molecule has 0 amide bonds. The van der Waals surface area contributed by atoms with E-state index in [0.717, 1.165) is 18.7 Å². The number of sulfone groups is 1. The van der Waals surface area contributed by atoms with E-state index < -0.39 is 26.7 Å². The van der Waals surface area contributed by atoms with Gasteiger partial charge in [0.15, 0.2) is 9.84 Å². The maximum Gasteiger partial charge on any atom is 0.490 e. The van der Waals surface area contributed by atoms with Crippen LogP contribution in [-0.4, -0.2) is 75.0 Å². The number of alkyl halides is 3. The number of halogens is 3. The van der Waals surface area contributed by atoms with Crippen molar-refractivity contribution in [1.82, 2.24) is 4.90 Å². The summed E-state index contributed by atoms with van der Waals surface area (Å²) in [4.78, 5) is 11.1. The number of carbonyl (C=O) groups is 1. The largest absolute Gasteiger partial charge is 0.497 e. The zero-order valence-corrected chi connectivity index (χ0v) is 16.9. The first-order valence-electron chi connectivity index (χ1n) is 8.82. The number of aliphatic carboxylic acids is 1. The van der Waals surface area contributed by atoms with Crippen molar-refractivity contribution in [2.24, 2.45) is 5.92 Å². The SMILES string of the molecule is COCC1CCS(=O)(=O)C12CN(Cc1ccc(OC)cc1)C2.O=C(O)C(F)(F)F. The van der Waals surface area contributed by atoms with Gasteiger partial charge in [0.2, 0.25) is 0 Å². The van der Waals surface area contributed by atoms with Crippen LogP contribution in [0.4, 0.5) is 13.2 Å². The molecule has 3 rings (SSSR count). The highest BCUT2D eigenvalue weighted by atomic mass is 32.2. The van der Waals surface area contributed by atoms with Gasteiger partial charge >= 0.3 is 12.1 Å². The van der Waals surface area contributed by atoms with Gasteiger partial charge in [0.05, 0.1) is 19.5 Å². The van der Waals surface area contributed by atoms with Gasteiger partial charge in [-0.1, -0.05) is 12.1 Å². The molecular formula is C18H24F3NO6S. The van der Waals surface area contributed by atoms with Crippen LogP contribution < -0.4 is 4.74 Å². The maximum atomic E-state index is 12.4. The zero-order valence-electron chi connectivity index (χ0n) is 16.1. The molecule has 0 saturated carbocycles. The van der Waals surface area contributed by atoms with Crippen LogP contribution in [0.25, 0.3) is 0 Å². The van der Waals surface area contributed by atoms with Gasteiger partial charge < -0.3 is 14.6 Å². The summed E-state index contributed by atoms with van der Waals surface area (Å²) in [5, 5.41) is 7.12. The van der Waals surface area contributed by atoms with E-state index in [4.69, 9.17) is 19.4 Å². The van der Waals surface area contributed by atoms with E-state index in [1.54, 1.807) is 14.2 Å². The average Bonchev–Trinajstić information content (AvgIpc) is 2.87.